The van der Waals surface area contributed by atoms with E-state index in [0.717, 1.165) is 111 Å². The fourth-order valence-corrected chi connectivity index (χ4v) is 9.23. The van der Waals surface area contributed by atoms with Crippen LogP contribution in [0.25, 0.3) is 111 Å². The summed E-state index contributed by atoms with van der Waals surface area (Å²) in [6.07, 6.45) is 5.91. The number of aromatic nitrogens is 5. The monoisotopic (exact) mass is 816 g/mol. The molecule has 12 aromatic rings. The van der Waals surface area contributed by atoms with E-state index in [9.17, 15) is 5.26 Å². The predicted molar refractivity (Wildman–Crippen MR) is 260 cm³/mol. The number of hydrogen-bond acceptors (Lipinski definition) is 4. The van der Waals surface area contributed by atoms with Gasteiger partial charge in [-0.1, -0.05) is 133 Å². The number of benzene rings is 7. The maximum absolute atomic E-state index is 10.1. The van der Waals surface area contributed by atoms with Crippen molar-refractivity contribution in [2.75, 3.05) is 0 Å². The van der Waals surface area contributed by atoms with Gasteiger partial charge in [-0.05, 0) is 83.4 Å². The SMILES string of the molecule is N#Cc1cccc(-c2cc(-n3c4ccccc4c4cc(-c5ccc(-c6ccccc6)nc5)ccc43)ncc2-n2c3ccccc3c3cc(-c4ccc(-c5ccccc5)nc4)ccc32)c1. The van der Waals surface area contributed by atoms with Crippen LogP contribution in [-0.4, -0.2) is 24.1 Å². The van der Waals surface area contributed by atoms with E-state index in [1.807, 2.05) is 73.2 Å². The third kappa shape index (κ3) is 6.22. The van der Waals surface area contributed by atoms with E-state index in [-0.39, 0.29) is 0 Å². The maximum Gasteiger partial charge on any atom is 0.138 e. The van der Waals surface area contributed by atoms with Crippen LogP contribution in [0.2, 0.25) is 0 Å². The van der Waals surface area contributed by atoms with Gasteiger partial charge in [0.25, 0.3) is 0 Å². The minimum absolute atomic E-state index is 0.594. The molecule has 0 saturated heterocycles. The van der Waals surface area contributed by atoms with E-state index in [4.69, 9.17) is 15.0 Å². The lowest BCUT2D eigenvalue weighted by molar-refractivity contribution is 1.06. The Morgan fingerprint density at radius 3 is 1.41 bits per heavy atom. The molecule has 5 aromatic heterocycles. The lowest BCUT2D eigenvalue weighted by Gasteiger charge is -2.17. The molecular weight excluding hydrogens is 781 g/mol. The maximum atomic E-state index is 10.1. The molecule has 5 heterocycles. The number of rotatable bonds is 7. The quantitative estimate of drug-likeness (QED) is 0.161. The van der Waals surface area contributed by atoms with Crippen molar-refractivity contribution in [3.8, 4) is 73.5 Å². The zero-order valence-corrected chi connectivity index (χ0v) is 34.5. The Balaban J connectivity index is 1.01. The molecule has 0 spiro atoms. The number of para-hydroxylation sites is 2. The van der Waals surface area contributed by atoms with Gasteiger partial charge in [0, 0.05) is 61.8 Å². The zero-order valence-electron chi connectivity index (χ0n) is 34.5. The molecule has 12 rings (SSSR count). The third-order valence-electron chi connectivity index (χ3n) is 12.3. The van der Waals surface area contributed by atoms with E-state index in [1.165, 1.54) is 0 Å². The van der Waals surface area contributed by atoms with Crippen LogP contribution in [-0.2, 0) is 0 Å². The van der Waals surface area contributed by atoms with Gasteiger partial charge in [0.1, 0.15) is 5.82 Å². The molecule has 0 bridgehead atoms. The molecule has 0 N–H and O–H groups in total. The first-order valence-electron chi connectivity index (χ1n) is 21.3. The minimum atomic E-state index is 0.594. The lowest BCUT2D eigenvalue weighted by atomic mass is 10.0. The lowest BCUT2D eigenvalue weighted by Crippen LogP contribution is -2.03. The highest BCUT2D eigenvalue weighted by molar-refractivity contribution is 6.12. The second-order valence-corrected chi connectivity index (χ2v) is 16.0. The van der Waals surface area contributed by atoms with Crippen LogP contribution in [0.4, 0.5) is 0 Å². The van der Waals surface area contributed by atoms with Crippen molar-refractivity contribution in [1.29, 1.82) is 5.26 Å². The molecule has 0 saturated carbocycles. The van der Waals surface area contributed by atoms with E-state index >= 15 is 0 Å². The average Bonchev–Trinajstić information content (AvgIpc) is 3.89. The number of hydrogen-bond donors (Lipinski definition) is 0. The smallest absolute Gasteiger partial charge is 0.138 e. The van der Waals surface area contributed by atoms with Gasteiger partial charge >= 0.3 is 0 Å². The number of pyridine rings is 3. The van der Waals surface area contributed by atoms with Gasteiger partial charge in [-0.2, -0.15) is 5.26 Å². The Bertz CT molecular complexity index is 3770. The van der Waals surface area contributed by atoms with E-state index < -0.39 is 0 Å². The van der Waals surface area contributed by atoms with E-state index in [0.29, 0.717) is 5.56 Å². The molecule has 6 heteroatoms. The summed E-state index contributed by atoms with van der Waals surface area (Å²) in [5, 5.41) is 14.6. The van der Waals surface area contributed by atoms with Gasteiger partial charge in [-0.3, -0.25) is 14.5 Å². The van der Waals surface area contributed by atoms with Crippen LogP contribution in [0.5, 0.6) is 0 Å². The normalized spacial score (nSPS) is 11.4. The Hall–Kier alpha value is -8.92. The first-order valence-corrected chi connectivity index (χ1v) is 21.3. The molecule has 0 aliphatic carbocycles. The van der Waals surface area contributed by atoms with Gasteiger partial charge in [0.2, 0.25) is 0 Å². The Morgan fingerprint density at radius 2 is 0.844 bits per heavy atom. The van der Waals surface area contributed by atoms with Gasteiger partial charge < -0.3 is 4.57 Å². The number of nitrogens with zero attached hydrogens (tertiary/aromatic N) is 6. The summed E-state index contributed by atoms with van der Waals surface area (Å²) >= 11 is 0. The van der Waals surface area contributed by atoms with Gasteiger partial charge in [0.15, 0.2) is 0 Å². The van der Waals surface area contributed by atoms with Crippen molar-refractivity contribution in [3.05, 3.63) is 224 Å². The van der Waals surface area contributed by atoms with Gasteiger partial charge in [0.05, 0.1) is 57.0 Å². The van der Waals surface area contributed by atoms with E-state index in [1.54, 1.807) is 0 Å². The molecular formula is C58H36N6. The third-order valence-corrected chi connectivity index (χ3v) is 12.3. The number of nitriles is 1. The van der Waals surface area contributed by atoms with Crippen molar-refractivity contribution < 1.29 is 0 Å². The van der Waals surface area contributed by atoms with Crippen LogP contribution < -0.4 is 0 Å². The van der Waals surface area contributed by atoms with Crippen LogP contribution in [0.1, 0.15) is 5.56 Å². The summed E-state index contributed by atoms with van der Waals surface area (Å²) in [6.45, 7) is 0. The average molecular weight is 817 g/mol. The Labute approximate surface area is 369 Å². The molecule has 0 atom stereocenters. The van der Waals surface area contributed by atoms with Crippen LogP contribution in [0, 0.1) is 11.3 Å². The largest absolute Gasteiger partial charge is 0.307 e. The summed E-state index contributed by atoms with van der Waals surface area (Å²) in [5.74, 6) is 0.781. The van der Waals surface area contributed by atoms with Gasteiger partial charge in [-0.15, -0.1) is 0 Å². The van der Waals surface area contributed by atoms with Crippen LogP contribution >= 0.6 is 0 Å². The van der Waals surface area contributed by atoms with Crippen molar-refractivity contribution in [2.24, 2.45) is 0 Å². The summed E-state index contributed by atoms with van der Waals surface area (Å²) in [4.78, 5) is 15.0. The molecule has 7 aromatic carbocycles. The van der Waals surface area contributed by atoms with E-state index in [2.05, 4.69) is 161 Å². The Morgan fingerprint density at radius 1 is 0.344 bits per heavy atom. The fraction of sp³-hybridized carbons (Fsp3) is 0. The molecule has 298 valence electrons. The Kier molecular flexibility index (Phi) is 8.77. The molecule has 64 heavy (non-hydrogen) atoms. The highest BCUT2D eigenvalue weighted by atomic mass is 15.1. The zero-order chi connectivity index (χ0) is 42.6. The molecule has 0 unspecified atom stereocenters. The van der Waals surface area contributed by atoms with Crippen LogP contribution in [0.3, 0.4) is 0 Å². The second kappa shape index (κ2) is 15.2. The fourth-order valence-electron chi connectivity index (χ4n) is 9.23. The molecule has 0 radical (unpaired) electrons. The van der Waals surface area contributed by atoms with Crippen molar-refractivity contribution in [2.45, 2.75) is 0 Å². The van der Waals surface area contributed by atoms with Crippen molar-refractivity contribution >= 4 is 43.6 Å². The topological polar surface area (TPSA) is 72.3 Å². The second-order valence-electron chi connectivity index (χ2n) is 16.0. The first-order chi connectivity index (χ1) is 31.7. The molecule has 0 fully saturated rings. The minimum Gasteiger partial charge on any atom is -0.307 e. The van der Waals surface area contributed by atoms with Crippen molar-refractivity contribution in [3.63, 3.8) is 0 Å². The molecule has 6 nitrogen and oxygen atoms in total. The standard InChI is InChI=1S/C58H36N6/c59-34-38-12-11-17-43(30-38)48-33-58(64-54-21-10-8-19-47(54)50-32-42(25-29-56(50)64)45-23-27-52(61-36-45)40-15-5-2-6-16-40)62-37-57(48)63-53-20-9-7-18-46(53)49-31-41(24-28-55(49)63)44-22-26-51(60-35-44)39-13-3-1-4-14-39/h1-33,35-37H. The highest BCUT2D eigenvalue weighted by Crippen LogP contribution is 2.40. The molecule has 0 amide bonds. The molecule has 0 aliphatic heterocycles. The predicted octanol–water partition coefficient (Wildman–Crippen LogP) is 14.3. The molecule has 0 aliphatic rings. The highest BCUT2D eigenvalue weighted by Gasteiger charge is 2.21. The number of fused-ring (bicyclic) bond motifs is 6. The van der Waals surface area contributed by atoms with Gasteiger partial charge in [-0.25, -0.2) is 4.98 Å². The van der Waals surface area contributed by atoms with Crippen molar-refractivity contribution in [1.82, 2.24) is 24.1 Å². The summed E-state index contributed by atoms with van der Waals surface area (Å²) in [5.41, 5.74) is 16.0. The summed E-state index contributed by atoms with van der Waals surface area (Å²) in [6, 6.07) is 71.7. The summed E-state index contributed by atoms with van der Waals surface area (Å²) in [7, 11) is 0. The summed E-state index contributed by atoms with van der Waals surface area (Å²) < 4.78 is 4.56. The first kappa shape index (κ1) is 36.9. The van der Waals surface area contributed by atoms with Crippen LogP contribution in [0.15, 0.2) is 219 Å².